The van der Waals surface area contributed by atoms with Crippen molar-refractivity contribution in [1.82, 2.24) is 14.5 Å². The first-order chi connectivity index (χ1) is 10.7. The summed E-state index contributed by atoms with van der Waals surface area (Å²) < 4.78 is 8.22. The van der Waals surface area contributed by atoms with Gasteiger partial charge in [0.2, 0.25) is 0 Å². The molecule has 3 aromatic rings. The fourth-order valence-corrected chi connectivity index (χ4v) is 2.88. The number of benzene rings is 1. The number of rotatable bonds is 3. The van der Waals surface area contributed by atoms with Crippen LogP contribution in [0.4, 0.5) is 0 Å². The van der Waals surface area contributed by atoms with Crippen LogP contribution in [0.2, 0.25) is 0 Å². The van der Waals surface area contributed by atoms with E-state index in [1.807, 2.05) is 13.1 Å². The minimum atomic E-state index is 0.333. The number of nitrogens with zero attached hydrogens (tertiary/aromatic N) is 3. The topological polar surface area (TPSA) is 39.9 Å². The Balaban J connectivity index is 1.82. The van der Waals surface area contributed by atoms with Crippen molar-refractivity contribution in [3.63, 3.8) is 0 Å². The van der Waals surface area contributed by atoms with Gasteiger partial charge in [-0.25, -0.2) is 4.98 Å². The molecule has 0 aliphatic heterocycles. The van der Waals surface area contributed by atoms with Crippen molar-refractivity contribution in [2.45, 2.75) is 32.3 Å². The smallest absolute Gasteiger partial charge is 0.148 e. The minimum absolute atomic E-state index is 0.333. The van der Waals surface area contributed by atoms with E-state index in [1.165, 1.54) is 12.0 Å². The normalized spacial score (nSPS) is 15.0. The number of pyridine rings is 1. The maximum absolute atomic E-state index is 6.09. The highest BCUT2D eigenvalue weighted by Crippen LogP contribution is 2.34. The average Bonchev–Trinajstić information content (AvgIpc) is 2.80. The van der Waals surface area contributed by atoms with Gasteiger partial charge in [-0.1, -0.05) is 6.07 Å². The molecule has 0 atom stereocenters. The molecule has 2 aromatic heterocycles. The molecule has 1 aliphatic rings. The summed E-state index contributed by atoms with van der Waals surface area (Å²) in [6.07, 6.45) is 7.46. The summed E-state index contributed by atoms with van der Waals surface area (Å²) in [5, 5.41) is 0. The molecule has 0 bridgehead atoms. The Morgan fingerprint density at radius 3 is 2.86 bits per heavy atom. The summed E-state index contributed by atoms with van der Waals surface area (Å²) in [7, 11) is 2.05. The van der Waals surface area contributed by atoms with Crippen molar-refractivity contribution in [3.05, 3.63) is 42.2 Å². The monoisotopic (exact) mass is 293 g/mol. The van der Waals surface area contributed by atoms with Crippen LogP contribution in [0.5, 0.6) is 5.75 Å². The molecule has 1 aliphatic carbocycles. The number of aryl methyl sites for hydroxylation is 2. The van der Waals surface area contributed by atoms with Gasteiger partial charge >= 0.3 is 0 Å². The SMILES string of the molecule is Cc1ccc2c(c1)nc(-c1ccncc1OC1CCC1)n2C. The lowest BCUT2D eigenvalue weighted by molar-refractivity contribution is 0.120. The van der Waals surface area contributed by atoms with Crippen molar-refractivity contribution < 1.29 is 4.74 Å². The summed E-state index contributed by atoms with van der Waals surface area (Å²) in [6.45, 7) is 2.09. The highest BCUT2D eigenvalue weighted by Gasteiger charge is 2.22. The first kappa shape index (κ1) is 13.3. The molecule has 0 saturated heterocycles. The maximum atomic E-state index is 6.09. The van der Waals surface area contributed by atoms with Crippen LogP contribution in [0.3, 0.4) is 0 Å². The van der Waals surface area contributed by atoms with Crippen molar-refractivity contribution in [2.75, 3.05) is 0 Å². The van der Waals surface area contributed by atoms with Crippen LogP contribution in [0, 0.1) is 6.92 Å². The molecular formula is C18H19N3O. The molecule has 2 heterocycles. The Hall–Kier alpha value is -2.36. The summed E-state index contributed by atoms with van der Waals surface area (Å²) in [5.74, 6) is 1.76. The molecule has 22 heavy (non-hydrogen) atoms. The van der Waals surface area contributed by atoms with Gasteiger partial charge in [0.15, 0.2) is 0 Å². The first-order valence-corrected chi connectivity index (χ1v) is 7.76. The lowest BCUT2D eigenvalue weighted by atomic mass is 9.96. The van der Waals surface area contributed by atoms with Crippen molar-refractivity contribution in [3.8, 4) is 17.1 Å². The largest absolute Gasteiger partial charge is 0.488 e. The van der Waals surface area contributed by atoms with E-state index >= 15 is 0 Å². The van der Waals surface area contributed by atoms with Gasteiger partial charge in [-0.05, 0) is 49.9 Å². The zero-order valence-corrected chi connectivity index (χ0v) is 12.9. The van der Waals surface area contributed by atoms with E-state index < -0.39 is 0 Å². The lowest BCUT2D eigenvalue weighted by Crippen LogP contribution is -2.24. The highest BCUT2D eigenvalue weighted by atomic mass is 16.5. The highest BCUT2D eigenvalue weighted by molar-refractivity contribution is 5.82. The van der Waals surface area contributed by atoms with Gasteiger partial charge < -0.3 is 9.30 Å². The third kappa shape index (κ3) is 2.15. The molecule has 4 rings (SSSR count). The Kier molecular flexibility index (Phi) is 3.10. The molecule has 1 fully saturated rings. The second-order valence-electron chi connectivity index (χ2n) is 6.03. The van der Waals surface area contributed by atoms with E-state index in [0.717, 1.165) is 41.0 Å². The van der Waals surface area contributed by atoms with Crippen molar-refractivity contribution >= 4 is 11.0 Å². The van der Waals surface area contributed by atoms with E-state index in [0.29, 0.717) is 6.10 Å². The number of hydrogen-bond acceptors (Lipinski definition) is 3. The fraction of sp³-hybridized carbons (Fsp3) is 0.333. The summed E-state index contributed by atoms with van der Waals surface area (Å²) >= 11 is 0. The third-order valence-electron chi connectivity index (χ3n) is 4.41. The number of ether oxygens (including phenoxy) is 1. The van der Waals surface area contributed by atoms with Gasteiger partial charge in [-0.3, -0.25) is 4.98 Å². The molecular weight excluding hydrogens is 274 g/mol. The predicted octanol–water partition coefficient (Wildman–Crippen LogP) is 3.88. The van der Waals surface area contributed by atoms with Crippen LogP contribution in [0.25, 0.3) is 22.4 Å². The molecule has 4 heteroatoms. The zero-order valence-electron chi connectivity index (χ0n) is 12.9. The second-order valence-corrected chi connectivity index (χ2v) is 6.03. The zero-order chi connectivity index (χ0) is 15.1. The molecule has 0 unspecified atom stereocenters. The van der Waals surface area contributed by atoms with Crippen LogP contribution in [-0.2, 0) is 7.05 Å². The quantitative estimate of drug-likeness (QED) is 0.736. The van der Waals surface area contributed by atoms with Crippen LogP contribution in [-0.4, -0.2) is 20.6 Å². The average molecular weight is 293 g/mol. The third-order valence-corrected chi connectivity index (χ3v) is 4.41. The molecule has 0 N–H and O–H groups in total. The fourth-order valence-electron chi connectivity index (χ4n) is 2.88. The van der Waals surface area contributed by atoms with Crippen molar-refractivity contribution in [2.24, 2.45) is 7.05 Å². The molecule has 0 spiro atoms. The number of aromatic nitrogens is 3. The summed E-state index contributed by atoms with van der Waals surface area (Å²) in [6, 6.07) is 8.34. The number of hydrogen-bond donors (Lipinski definition) is 0. The van der Waals surface area contributed by atoms with Crippen LogP contribution < -0.4 is 4.74 Å². The second kappa shape index (κ2) is 5.13. The Bertz CT molecular complexity index is 833. The molecule has 4 nitrogen and oxygen atoms in total. The van der Waals surface area contributed by atoms with E-state index in [4.69, 9.17) is 9.72 Å². The summed E-state index contributed by atoms with van der Waals surface area (Å²) in [5.41, 5.74) is 4.38. The van der Waals surface area contributed by atoms with Gasteiger partial charge in [0.1, 0.15) is 11.6 Å². The number of fused-ring (bicyclic) bond motifs is 1. The van der Waals surface area contributed by atoms with Gasteiger partial charge in [0.25, 0.3) is 0 Å². The van der Waals surface area contributed by atoms with E-state index in [-0.39, 0.29) is 0 Å². The van der Waals surface area contributed by atoms with Crippen molar-refractivity contribution in [1.29, 1.82) is 0 Å². The molecule has 0 amide bonds. The van der Waals surface area contributed by atoms with Gasteiger partial charge in [-0.2, -0.15) is 0 Å². The van der Waals surface area contributed by atoms with Gasteiger partial charge in [-0.15, -0.1) is 0 Å². The molecule has 1 saturated carbocycles. The summed E-state index contributed by atoms with van der Waals surface area (Å²) in [4.78, 5) is 9.03. The van der Waals surface area contributed by atoms with E-state index in [1.54, 1.807) is 12.4 Å². The molecule has 1 aromatic carbocycles. The van der Waals surface area contributed by atoms with Gasteiger partial charge in [0.05, 0.1) is 28.9 Å². The minimum Gasteiger partial charge on any atom is -0.488 e. The van der Waals surface area contributed by atoms with Gasteiger partial charge in [0, 0.05) is 13.2 Å². The Morgan fingerprint density at radius 2 is 2.09 bits per heavy atom. The maximum Gasteiger partial charge on any atom is 0.148 e. The Labute approximate surface area is 129 Å². The molecule has 112 valence electrons. The molecule has 0 radical (unpaired) electrons. The van der Waals surface area contributed by atoms with Crippen LogP contribution >= 0.6 is 0 Å². The number of imidazole rings is 1. The lowest BCUT2D eigenvalue weighted by Gasteiger charge is -2.27. The first-order valence-electron chi connectivity index (χ1n) is 7.76. The van der Waals surface area contributed by atoms with E-state index in [2.05, 4.69) is 34.7 Å². The van der Waals surface area contributed by atoms with Crippen LogP contribution in [0.15, 0.2) is 36.7 Å². The Morgan fingerprint density at radius 1 is 1.23 bits per heavy atom. The van der Waals surface area contributed by atoms with E-state index in [9.17, 15) is 0 Å². The standard InChI is InChI=1S/C18H19N3O/c1-12-6-7-16-15(10-12)20-18(21(16)2)14-8-9-19-11-17(14)22-13-4-3-5-13/h6-11,13H,3-5H2,1-2H3. The van der Waals surface area contributed by atoms with Crippen LogP contribution in [0.1, 0.15) is 24.8 Å². The predicted molar refractivity (Wildman–Crippen MR) is 86.9 cm³/mol.